The largest absolute Gasteiger partial charge is 0.382 e. The van der Waals surface area contributed by atoms with Crippen molar-refractivity contribution in [1.29, 1.82) is 0 Å². The lowest BCUT2D eigenvalue weighted by Crippen LogP contribution is -2.46. The lowest BCUT2D eigenvalue weighted by molar-refractivity contribution is -0.126. The fraction of sp³-hybridized carbons (Fsp3) is 0.562. The molecule has 1 aromatic rings. The van der Waals surface area contributed by atoms with Gasteiger partial charge < -0.3 is 10.6 Å². The molecule has 1 aromatic carbocycles. The Morgan fingerprint density at radius 1 is 1.48 bits per heavy atom. The molecule has 0 spiro atoms. The summed E-state index contributed by atoms with van der Waals surface area (Å²) < 4.78 is 11.1. The molecule has 0 fully saturated rings. The van der Waals surface area contributed by atoms with Gasteiger partial charge in [-0.25, -0.2) is 0 Å². The van der Waals surface area contributed by atoms with Crippen LogP contribution in [-0.4, -0.2) is 34.2 Å². The zero-order chi connectivity index (χ0) is 15.4. The molecule has 0 radical (unpaired) electrons. The number of carbonyl (C=O) groups is 1. The standard InChI is InChI=1S/C16H24N2O2S/c1-11(8-9-21(3)20)17-16(19)14-10-13-6-4-5-7-15(13)18-12(14)2/h4-7,11-12,14,18H,8-10H2,1-3H3,(H,17,19). The fourth-order valence-corrected chi connectivity index (χ4v) is 3.37. The summed E-state index contributed by atoms with van der Waals surface area (Å²) in [7, 11) is -0.806. The van der Waals surface area contributed by atoms with Gasteiger partial charge in [0.1, 0.15) is 0 Å². The SMILES string of the molecule is CC(CCS(C)=O)NC(=O)C1Cc2ccccc2NC1C. The van der Waals surface area contributed by atoms with Crippen molar-refractivity contribution in [1.82, 2.24) is 5.32 Å². The molecule has 4 nitrogen and oxygen atoms in total. The molecule has 21 heavy (non-hydrogen) atoms. The second-order valence-electron chi connectivity index (χ2n) is 5.88. The van der Waals surface area contributed by atoms with Gasteiger partial charge >= 0.3 is 0 Å². The number of fused-ring (bicyclic) bond motifs is 1. The van der Waals surface area contributed by atoms with Crippen molar-refractivity contribution in [2.75, 3.05) is 17.3 Å². The van der Waals surface area contributed by atoms with Gasteiger partial charge in [0.05, 0.1) is 5.92 Å². The third kappa shape index (κ3) is 4.30. The minimum absolute atomic E-state index is 0.0607. The predicted molar refractivity (Wildman–Crippen MR) is 87.9 cm³/mol. The molecule has 2 N–H and O–H groups in total. The maximum absolute atomic E-state index is 12.4. The Morgan fingerprint density at radius 3 is 2.90 bits per heavy atom. The molecule has 0 aromatic heterocycles. The number of hydrogen-bond donors (Lipinski definition) is 2. The van der Waals surface area contributed by atoms with Crippen LogP contribution >= 0.6 is 0 Å². The summed E-state index contributed by atoms with van der Waals surface area (Å²) in [6.45, 7) is 4.02. The van der Waals surface area contributed by atoms with Crippen LogP contribution in [0.15, 0.2) is 24.3 Å². The molecular formula is C16H24N2O2S. The van der Waals surface area contributed by atoms with Gasteiger partial charge in [0, 0.05) is 40.6 Å². The number of carbonyl (C=O) groups excluding carboxylic acids is 1. The van der Waals surface area contributed by atoms with Crippen molar-refractivity contribution in [3.05, 3.63) is 29.8 Å². The van der Waals surface area contributed by atoms with Crippen LogP contribution in [0.3, 0.4) is 0 Å². The monoisotopic (exact) mass is 308 g/mol. The number of nitrogens with one attached hydrogen (secondary N) is 2. The number of hydrogen-bond acceptors (Lipinski definition) is 3. The van der Waals surface area contributed by atoms with E-state index in [-0.39, 0.29) is 23.9 Å². The van der Waals surface area contributed by atoms with Crippen LogP contribution in [0.2, 0.25) is 0 Å². The van der Waals surface area contributed by atoms with Gasteiger partial charge in [0.15, 0.2) is 0 Å². The van der Waals surface area contributed by atoms with Crippen LogP contribution < -0.4 is 10.6 Å². The Hall–Kier alpha value is -1.36. The molecule has 0 saturated carbocycles. The van der Waals surface area contributed by atoms with Gasteiger partial charge in [-0.2, -0.15) is 0 Å². The van der Waals surface area contributed by atoms with Gasteiger partial charge in [-0.15, -0.1) is 0 Å². The van der Waals surface area contributed by atoms with Gasteiger partial charge in [-0.05, 0) is 38.3 Å². The number of anilines is 1. The van der Waals surface area contributed by atoms with E-state index in [2.05, 4.69) is 22.8 Å². The normalized spacial score (nSPS) is 23.6. The Labute approximate surface area is 129 Å². The van der Waals surface area contributed by atoms with Crippen LogP contribution in [0.25, 0.3) is 0 Å². The minimum atomic E-state index is -0.806. The molecule has 1 amide bonds. The topological polar surface area (TPSA) is 58.2 Å². The average Bonchev–Trinajstić information content (AvgIpc) is 2.44. The second kappa shape index (κ2) is 7.07. The number of rotatable bonds is 5. The number of amides is 1. The van der Waals surface area contributed by atoms with Gasteiger partial charge in [-0.1, -0.05) is 18.2 Å². The molecule has 0 saturated heterocycles. The molecule has 1 heterocycles. The molecule has 2 rings (SSSR count). The highest BCUT2D eigenvalue weighted by atomic mass is 32.2. The van der Waals surface area contributed by atoms with Crippen molar-refractivity contribution in [3.63, 3.8) is 0 Å². The van der Waals surface area contributed by atoms with E-state index in [0.717, 1.165) is 18.5 Å². The molecule has 0 aliphatic carbocycles. The summed E-state index contributed by atoms with van der Waals surface area (Å²) in [6.07, 6.45) is 3.21. The van der Waals surface area contributed by atoms with Crippen molar-refractivity contribution in [2.45, 2.75) is 38.8 Å². The van der Waals surface area contributed by atoms with Crippen LogP contribution in [0, 0.1) is 5.92 Å². The lowest BCUT2D eigenvalue weighted by atomic mass is 9.87. The lowest BCUT2D eigenvalue weighted by Gasteiger charge is -2.32. The molecule has 116 valence electrons. The second-order valence-corrected chi connectivity index (χ2v) is 7.43. The molecule has 1 aliphatic rings. The quantitative estimate of drug-likeness (QED) is 0.874. The Bertz CT molecular complexity index is 533. The summed E-state index contributed by atoms with van der Waals surface area (Å²) in [4.78, 5) is 12.4. The first kappa shape index (κ1) is 16.0. The highest BCUT2D eigenvalue weighted by molar-refractivity contribution is 7.84. The third-order valence-electron chi connectivity index (χ3n) is 4.01. The Balaban J connectivity index is 1.95. The van der Waals surface area contributed by atoms with Crippen LogP contribution in [0.4, 0.5) is 5.69 Å². The van der Waals surface area contributed by atoms with E-state index < -0.39 is 10.8 Å². The van der Waals surface area contributed by atoms with Gasteiger partial charge in [-0.3, -0.25) is 9.00 Å². The van der Waals surface area contributed by atoms with Crippen molar-refractivity contribution < 1.29 is 9.00 Å². The smallest absolute Gasteiger partial charge is 0.225 e. The Kier molecular flexibility index (Phi) is 5.39. The maximum atomic E-state index is 12.4. The van der Waals surface area contributed by atoms with E-state index in [9.17, 15) is 9.00 Å². The van der Waals surface area contributed by atoms with Crippen LogP contribution in [0.1, 0.15) is 25.8 Å². The minimum Gasteiger partial charge on any atom is -0.382 e. The molecule has 0 bridgehead atoms. The van der Waals surface area contributed by atoms with Crippen LogP contribution in [0.5, 0.6) is 0 Å². The average molecular weight is 308 g/mol. The van der Waals surface area contributed by atoms with E-state index in [1.807, 2.05) is 26.0 Å². The zero-order valence-corrected chi connectivity index (χ0v) is 13.7. The van der Waals surface area contributed by atoms with Gasteiger partial charge in [0.2, 0.25) is 5.91 Å². The van der Waals surface area contributed by atoms with Gasteiger partial charge in [0.25, 0.3) is 0 Å². The summed E-state index contributed by atoms with van der Waals surface area (Å²) in [5, 5.41) is 6.46. The predicted octanol–water partition coefficient (Wildman–Crippen LogP) is 1.93. The molecule has 1 aliphatic heterocycles. The van der Waals surface area contributed by atoms with Crippen molar-refractivity contribution in [2.24, 2.45) is 5.92 Å². The highest BCUT2D eigenvalue weighted by Gasteiger charge is 2.30. The molecular weight excluding hydrogens is 284 g/mol. The van der Waals surface area contributed by atoms with E-state index in [1.165, 1.54) is 5.56 Å². The van der Waals surface area contributed by atoms with Crippen LogP contribution in [-0.2, 0) is 22.0 Å². The Morgan fingerprint density at radius 2 is 2.19 bits per heavy atom. The first-order chi connectivity index (χ1) is 9.97. The van der Waals surface area contributed by atoms with E-state index in [1.54, 1.807) is 6.26 Å². The summed E-state index contributed by atoms with van der Waals surface area (Å²) in [5.74, 6) is 0.649. The molecule has 5 heteroatoms. The summed E-state index contributed by atoms with van der Waals surface area (Å²) in [5.41, 5.74) is 2.32. The summed E-state index contributed by atoms with van der Waals surface area (Å²) in [6, 6.07) is 8.31. The third-order valence-corrected chi connectivity index (χ3v) is 4.82. The first-order valence-electron chi connectivity index (χ1n) is 7.42. The molecule has 4 atom stereocenters. The highest BCUT2D eigenvalue weighted by Crippen LogP contribution is 2.28. The first-order valence-corrected chi connectivity index (χ1v) is 9.15. The fourth-order valence-electron chi connectivity index (χ4n) is 2.68. The maximum Gasteiger partial charge on any atom is 0.225 e. The number of para-hydroxylation sites is 1. The zero-order valence-electron chi connectivity index (χ0n) is 12.9. The van der Waals surface area contributed by atoms with E-state index in [4.69, 9.17) is 0 Å². The molecule has 4 unspecified atom stereocenters. The van der Waals surface area contributed by atoms with Crippen molar-refractivity contribution >= 4 is 22.4 Å². The van der Waals surface area contributed by atoms with Crippen molar-refractivity contribution in [3.8, 4) is 0 Å². The van der Waals surface area contributed by atoms with E-state index in [0.29, 0.717) is 5.75 Å². The number of benzene rings is 1. The van der Waals surface area contributed by atoms with E-state index >= 15 is 0 Å². The summed E-state index contributed by atoms with van der Waals surface area (Å²) >= 11 is 0.